The Hall–Kier alpha value is -0.890. The smallest absolute Gasteiger partial charge is 0.0316 e. The first-order chi connectivity index (χ1) is 8.20. The molecule has 2 nitrogen and oxygen atoms in total. The quantitative estimate of drug-likeness (QED) is 0.724. The van der Waals surface area contributed by atoms with Gasteiger partial charge in [0.05, 0.1) is 0 Å². The van der Waals surface area contributed by atoms with Crippen molar-refractivity contribution in [2.24, 2.45) is 5.92 Å². The number of hydrogen-bond donors (Lipinski definition) is 1. The Balaban J connectivity index is 0. The van der Waals surface area contributed by atoms with Crippen LogP contribution >= 0.6 is 0 Å². The highest BCUT2D eigenvalue weighted by atomic mass is 14.9. The van der Waals surface area contributed by atoms with Crippen molar-refractivity contribution in [3.8, 4) is 0 Å². The van der Waals surface area contributed by atoms with Crippen LogP contribution in [-0.4, -0.2) is 4.98 Å². The van der Waals surface area contributed by atoms with Gasteiger partial charge in [-0.3, -0.25) is 4.98 Å². The fraction of sp³-hybridized carbons (Fsp3) is 0.667. The predicted octanol–water partition coefficient (Wildman–Crippen LogP) is 4.40. The van der Waals surface area contributed by atoms with Crippen molar-refractivity contribution >= 4 is 0 Å². The van der Waals surface area contributed by atoms with Crippen molar-refractivity contribution in [1.29, 1.82) is 0 Å². The van der Waals surface area contributed by atoms with Gasteiger partial charge in [0.15, 0.2) is 0 Å². The fourth-order valence-electron chi connectivity index (χ4n) is 1.12. The lowest BCUT2D eigenvalue weighted by Crippen LogP contribution is -1.99. The monoisotopic (exact) mass is 238 g/mol. The zero-order valence-corrected chi connectivity index (χ0v) is 12.7. The molecule has 1 aliphatic rings. The van der Waals surface area contributed by atoms with Crippen molar-refractivity contribution in [2.75, 3.05) is 0 Å². The minimum absolute atomic E-state index is 0.833. The van der Waals surface area contributed by atoms with E-state index >= 15 is 0 Å². The standard InChI is InChI=1S/C7H8N2.C4H10.2C2H6/c1-2-8-4-7-5-9-3-6(1)7;1-4(2)3;2*1-2/h1-2,4,9H,3,5H2;4H,1-3H3;2*1-2H3. The third kappa shape index (κ3) is 10.0. The fourth-order valence-corrected chi connectivity index (χ4v) is 1.12. The lowest BCUT2D eigenvalue weighted by atomic mass is 10.2. The first-order valence-corrected chi connectivity index (χ1v) is 6.82. The van der Waals surface area contributed by atoms with Crippen molar-refractivity contribution in [3.05, 3.63) is 29.6 Å². The summed E-state index contributed by atoms with van der Waals surface area (Å²) < 4.78 is 0. The summed E-state index contributed by atoms with van der Waals surface area (Å²) in [6, 6.07) is 2.06. The van der Waals surface area contributed by atoms with Gasteiger partial charge < -0.3 is 5.32 Å². The SMILES string of the molecule is CC.CC.CC(C)C.c1cc2c(cn1)CNC2. The van der Waals surface area contributed by atoms with E-state index in [0.717, 1.165) is 19.0 Å². The maximum absolute atomic E-state index is 4.02. The maximum Gasteiger partial charge on any atom is 0.0316 e. The number of hydrogen-bond acceptors (Lipinski definition) is 2. The summed E-state index contributed by atoms with van der Waals surface area (Å²) in [7, 11) is 0. The van der Waals surface area contributed by atoms with E-state index in [4.69, 9.17) is 0 Å². The largest absolute Gasteiger partial charge is 0.309 e. The molecule has 0 spiro atoms. The Kier molecular flexibility index (Phi) is 14.3. The minimum atomic E-state index is 0.833. The highest BCUT2D eigenvalue weighted by Crippen LogP contribution is 2.11. The molecule has 0 saturated carbocycles. The molecule has 17 heavy (non-hydrogen) atoms. The third-order valence-corrected chi connectivity index (χ3v) is 1.64. The predicted molar refractivity (Wildman–Crippen MR) is 78.0 cm³/mol. The second kappa shape index (κ2) is 13.2. The average molecular weight is 238 g/mol. The van der Waals surface area contributed by atoms with Crippen LogP contribution in [0.2, 0.25) is 0 Å². The second-order valence-corrected chi connectivity index (χ2v) is 3.98. The number of nitrogens with zero attached hydrogens (tertiary/aromatic N) is 1. The molecule has 0 saturated heterocycles. The van der Waals surface area contributed by atoms with Gasteiger partial charge in [-0.05, 0) is 23.1 Å². The third-order valence-electron chi connectivity index (χ3n) is 1.64. The van der Waals surface area contributed by atoms with E-state index in [1.165, 1.54) is 11.1 Å². The van der Waals surface area contributed by atoms with Crippen molar-refractivity contribution in [2.45, 2.75) is 61.6 Å². The van der Waals surface area contributed by atoms with Crippen molar-refractivity contribution in [1.82, 2.24) is 10.3 Å². The van der Waals surface area contributed by atoms with E-state index in [0.29, 0.717) is 0 Å². The highest BCUT2D eigenvalue weighted by molar-refractivity contribution is 5.26. The van der Waals surface area contributed by atoms with Crippen LogP contribution in [0.3, 0.4) is 0 Å². The molecule has 2 heterocycles. The Morgan fingerprint density at radius 1 is 1.00 bits per heavy atom. The van der Waals surface area contributed by atoms with Gasteiger partial charge in [-0.25, -0.2) is 0 Å². The molecule has 2 heteroatoms. The van der Waals surface area contributed by atoms with E-state index in [1.54, 1.807) is 0 Å². The topological polar surface area (TPSA) is 24.9 Å². The molecule has 1 N–H and O–H groups in total. The molecule has 0 unspecified atom stereocenters. The van der Waals surface area contributed by atoms with Crippen LogP contribution in [0.15, 0.2) is 18.5 Å². The average Bonchev–Trinajstić information content (AvgIpc) is 2.81. The molecule has 0 bridgehead atoms. The molecule has 2 rings (SSSR count). The number of nitrogens with one attached hydrogen (secondary N) is 1. The molecule has 1 aromatic heterocycles. The molecular weight excluding hydrogens is 208 g/mol. The Bertz CT molecular complexity index is 231. The van der Waals surface area contributed by atoms with Crippen LogP contribution in [0, 0.1) is 5.92 Å². The summed E-state index contributed by atoms with van der Waals surface area (Å²) in [5.74, 6) is 0.833. The van der Waals surface area contributed by atoms with Crippen LogP contribution in [-0.2, 0) is 13.1 Å². The summed E-state index contributed by atoms with van der Waals surface area (Å²) in [4.78, 5) is 4.02. The van der Waals surface area contributed by atoms with Crippen LogP contribution in [0.25, 0.3) is 0 Å². The molecule has 0 fully saturated rings. The van der Waals surface area contributed by atoms with Gasteiger partial charge in [0.25, 0.3) is 0 Å². The van der Waals surface area contributed by atoms with Crippen molar-refractivity contribution in [3.63, 3.8) is 0 Å². The number of fused-ring (bicyclic) bond motifs is 1. The molecule has 0 radical (unpaired) electrons. The van der Waals surface area contributed by atoms with Gasteiger partial charge in [0.2, 0.25) is 0 Å². The van der Waals surface area contributed by atoms with E-state index in [9.17, 15) is 0 Å². The summed E-state index contributed by atoms with van der Waals surface area (Å²) in [6.45, 7) is 16.5. The van der Waals surface area contributed by atoms with Crippen LogP contribution in [0.4, 0.5) is 0 Å². The van der Waals surface area contributed by atoms with Gasteiger partial charge in [0, 0.05) is 25.5 Å². The molecule has 1 aromatic rings. The van der Waals surface area contributed by atoms with Gasteiger partial charge >= 0.3 is 0 Å². The first-order valence-electron chi connectivity index (χ1n) is 6.82. The highest BCUT2D eigenvalue weighted by Gasteiger charge is 2.06. The van der Waals surface area contributed by atoms with E-state index < -0.39 is 0 Å². The van der Waals surface area contributed by atoms with Gasteiger partial charge in [-0.2, -0.15) is 0 Å². The van der Waals surface area contributed by atoms with Crippen LogP contribution in [0.5, 0.6) is 0 Å². The first kappa shape index (κ1) is 18.5. The summed E-state index contributed by atoms with van der Waals surface area (Å²) in [6.07, 6.45) is 3.77. The zero-order valence-electron chi connectivity index (χ0n) is 12.7. The van der Waals surface area contributed by atoms with Gasteiger partial charge in [0.1, 0.15) is 0 Å². The number of aromatic nitrogens is 1. The van der Waals surface area contributed by atoms with Crippen LogP contribution in [0.1, 0.15) is 59.6 Å². The molecule has 0 atom stereocenters. The maximum atomic E-state index is 4.02. The molecule has 100 valence electrons. The summed E-state index contributed by atoms with van der Waals surface area (Å²) in [5, 5.41) is 3.25. The van der Waals surface area contributed by atoms with Gasteiger partial charge in [-0.1, -0.05) is 48.5 Å². The Morgan fingerprint density at radius 2 is 1.47 bits per heavy atom. The number of pyridine rings is 1. The lowest BCUT2D eigenvalue weighted by Gasteiger charge is -1.90. The van der Waals surface area contributed by atoms with E-state index in [1.807, 2.05) is 40.1 Å². The molecular formula is C15H30N2. The Labute approximate surface area is 108 Å². The van der Waals surface area contributed by atoms with Crippen molar-refractivity contribution < 1.29 is 0 Å². The summed E-state index contributed by atoms with van der Waals surface area (Å²) >= 11 is 0. The van der Waals surface area contributed by atoms with E-state index in [-0.39, 0.29) is 0 Å². The molecule has 0 amide bonds. The zero-order chi connectivity index (χ0) is 13.7. The molecule has 0 aliphatic carbocycles. The van der Waals surface area contributed by atoms with Gasteiger partial charge in [-0.15, -0.1) is 0 Å². The lowest BCUT2D eigenvalue weighted by molar-refractivity contribution is 0.737. The molecule has 1 aliphatic heterocycles. The second-order valence-electron chi connectivity index (χ2n) is 3.98. The summed E-state index contributed by atoms with van der Waals surface area (Å²) in [5.41, 5.74) is 2.74. The minimum Gasteiger partial charge on any atom is -0.309 e. The Morgan fingerprint density at radius 3 is 1.94 bits per heavy atom. The normalized spacial score (nSPS) is 11.1. The number of rotatable bonds is 0. The molecule has 0 aromatic carbocycles. The van der Waals surface area contributed by atoms with Crippen LogP contribution < -0.4 is 5.32 Å². The van der Waals surface area contributed by atoms with E-state index in [2.05, 4.69) is 37.1 Å².